The Labute approximate surface area is 64.4 Å². The van der Waals surface area contributed by atoms with E-state index in [1.54, 1.807) is 0 Å². The molecule has 5 heteroatoms. The highest BCUT2D eigenvalue weighted by Crippen LogP contribution is 2.06. The van der Waals surface area contributed by atoms with Gasteiger partial charge in [-0.05, 0) is 18.9 Å². The van der Waals surface area contributed by atoms with Gasteiger partial charge in [0.1, 0.15) is 0 Å². The monoisotopic (exact) mass is 135 g/mol. The summed E-state index contributed by atoms with van der Waals surface area (Å²) >= 11 is 0. The highest BCUT2D eigenvalue weighted by Gasteiger charge is 2.14. The van der Waals surface area contributed by atoms with Crippen LogP contribution in [-0.4, -0.2) is 40.1 Å². The molecule has 4 radical (unpaired) electrons. The van der Waals surface area contributed by atoms with Crippen LogP contribution in [0.2, 0.25) is 0 Å². The Hall–Kier alpha value is 0.00987. The Morgan fingerprint density at radius 3 is 2.20 bits per heavy atom. The Morgan fingerprint density at radius 2 is 1.80 bits per heavy atom. The molecular formula is C5H11B2N3. The van der Waals surface area contributed by atoms with Crippen molar-refractivity contribution in [3.8, 4) is 0 Å². The molecule has 1 rings (SSSR count). The number of rotatable bonds is 2. The van der Waals surface area contributed by atoms with Gasteiger partial charge in [0.25, 0.3) is 0 Å². The van der Waals surface area contributed by atoms with Crippen LogP contribution in [0, 0.1) is 0 Å². The van der Waals surface area contributed by atoms with Crippen molar-refractivity contribution in [2.75, 3.05) is 13.1 Å². The molecule has 52 valence electrons. The molecule has 1 heterocycles. The maximum Gasteiger partial charge on any atom is 0.202 e. The Balaban J connectivity index is 2.17. The molecule has 0 atom stereocenters. The minimum Gasteiger partial charge on any atom is -0.364 e. The molecule has 1 aliphatic heterocycles. The predicted molar refractivity (Wildman–Crippen MR) is 42.4 cm³/mol. The van der Waals surface area contributed by atoms with Crippen LogP contribution in [0.5, 0.6) is 0 Å². The largest absolute Gasteiger partial charge is 0.364 e. The van der Waals surface area contributed by atoms with Gasteiger partial charge in [0.15, 0.2) is 7.98 Å². The highest BCUT2D eigenvalue weighted by atomic mass is 15.5. The zero-order chi connectivity index (χ0) is 7.40. The van der Waals surface area contributed by atoms with Crippen LogP contribution >= 0.6 is 0 Å². The number of nitrogens with zero attached hydrogens (tertiary/aromatic N) is 1. The van der Waals surface area contributed by atoms with Crippen LogP contribution in [0.3, 0.4) is 0 Å². The summed E-state index contributed by atoms with van der Waals surface area (Å²) in [4.78, 5) is 0. The molecule has 3 nitrogen and oxygen atoms in total. The predicted octanol–water partition coefficient (Wildman–Crippen LogP) is -1.29. The second-order valence-corrected chi connectivity index (χ2v) is 2.56. The average molecular weight is 135 g/mol. The normalized spacial score (nSPS) is 23.2. The first-order valence-corrected chi connectivity index (χ1v) is 3.54. The van der Waals surface area contributed by atoms with Crippen molar-refractivity contribution in [2.45, 2.75) is 18.9 Å². The molecule has 1 saturated heterocycles. The summed E-state index contributed by atoms with van der Waals surface area (Å²) in [5.74, 6) is 0. The second-order valence-electron chi connectivity index (χ2n) is 2.56. The molecule has 1 aliphatic rings. The molecule has 0 unspecified atom stereocenters. The van der Waals surface area contributed by atoms with Gasteiger partial charge < -0.3 is 10.6 Å². The Bertz CT molecular complexity index is 80.9. The van der Waals surface area contributed by atoms with E-state index < -0.39 is 0 Å². The summed E-state index contributed by atoms with van der Waals surface area (Å²) in [5, 5.41) is 7.35. The fourth-order valence-corrected chi connectivity index (χ4v) is 1.18. The SMILES string of the molecule is [B]NC1CCN(N[B])CC1. The topological polar surface area (TPSA) is 27.3 Å². The van der Waals surface area contributed by atoms with Crippen molar-refractivity contribution in [3.63, 3.8) is 0 Å². The van der Waals surface area contributed by atoms with E-state index >= 15 is 0 Å². The number of nitrogens with one attached hydrogen (secondary N) is 2. The number of piperidine rings is 1. The molecule has 0 spiro atoms. The third kappa shape index (κ3) is 2.01. The maximum absolute atomic E-state index is 5.27. The molecule has 1 fully saturated rings. The molecule has 2 N–H and O–H groups in total. The third-order valence-electron chi connectivity index (χ3n) is 1.91. The second kappa shape index (κ2) is 4.01. The van der Waals surface area contributed by atoms with Crippen molar-refractivity contribution in [1.82, 2.24) is 15.6 Å². The smallest absolute Gasteiger partial charge is 0.202 e. The Morgan fingerprint density at radius 1 is 1.20 bits per heavy atom. The van der Waals surface area contributed by atoms with Gasteiger partial charge in [0.2, 0.25) is 7.98 Å². The summed E-state index contributed by atoms with van der Waals surface area (Å²) in [5.41, 5.74) is 0. The van der Waals surface area contributed by atoms with Gasteiger partial charge in [-0.2, -0.15) is 0 Å². The van der Waals surface area contributed by atoms with Crippen molar-refractivity contribution >= 4 is 16.0 Å². The first kappa shape index (κ1) is 8.11. The highest BCUT2D eigenvalue weighted by molar-refractivity contribution is 6.04. The first-order chi connectivity index (χ1) is 4.86. The van der Waals surface area contributed by atoms with Crippen LogP contribution in [0.4, 0.5) is 0 Å². The Kier molecular flexibility index (Phi) is 3.25. The van der Waals surface area contributed by atoms with Gasteiger partial charge in [-0.3, -0.25) is 5.01 Å². The van der Waals surface area contributed by atoms with E-state index in [0.29, 0.717) is 6.04 Å². The fourth-order valence-electron chi connectivity index (χ4n) is 1.18. The van der Waals surface area contributed by atoms with Gasteiger partial charge in [-0.25, -0.2) is 0 Å². The summed E-state index contributed by atoms with van der Waals surface area (Å²) < 4.78 is 0. The van der Waals surface area contributed by atoms with Crippen LogP contribution in [0.15, 0.2) is 0 Å². The zero-order valence-electron chi connectivity index (χ0n) is 6.01. The van der Waals surface area contributed by atoms with E-state index in [1.165, 1.54) is 0 Å². The molecule has 0 bridgehead atoms. The maximum atomic E-state index is 5.27. The first-order valence-electron chi connectivity index (χ1n) is 3.54. The summed E-state index contributed by atoms with van der Waals surface area (Å²) in [6.45, 7) is 1.93. The fraction of sp³-hybridized carbons (Fsp3) is 1.00. The summed E-state index contributed by atoms with van der Waals surface area (Å²) in [7, 11) is 10.5. The molecule has 0 amide bonds. The van der Waals surface area contributed by atoms with Crippen LogP contribution in [0.25, 0.3) is 0 Å². The average Bonchev–Trinajstić information content (AvgIpc) is 2.05. The minimum atomic E-state index is 0.463. The number of hydrogen-bond acceptors (Lipinski definition) is 3. The van der Waals surface area contributed by atoms with Gasteiger partial charge in [0, 0.05) is 13.1 Å². The summed E-state index contributed by atoms with van der Waals surface area (Å²) in [6, 6.07) is 0.463. The standard InChI is InChI=1S/C5H11B2N3/c6-8-5-1-3-10(9-7)4-2-5/h5,8-9H,1-4H2. The molecular weight excluding hydrogens is 124 g/mol. The molecule has 0 saturated carbocycles. The third-order valence-corrected chi connectivity index (χ3v) is 1.91. The quantitative estimate of drug-likeness (QED) is 0.461. The van der Waals surface area contributed by atoms with Gasteiger partial charge in [-0.1, -0.05) is 0 Å². The van der Waals surface area contributed by atoms with E-state index in [2.05, 4.69) is 10.6 Å². The lowest BCUT2D eigenvalue weighted by atomic mass is 10.0. The minimum absolute atomic E-state index is 0.463. The van der Waals surface area contributed by atoms with Crippen LogP contribution < -0.4 is 10.6 Å². The van der Waals surface area contributed by atoms with Crippen LogP contribution in [0.1, 0.15) is 12.8 Å². The van der Waals surface area contributed by atoms with Crippen molar-refractivity contribution in [3.05, 3.63) is 0 Å². The molecule has 0 aliphatic carbocycles. The van der Waals surface area contributed by atoms with E-state index in [-0.39, 0.29) is 0 Å². The zero-order valence-corrected chi connectivity index (χ0v) is 6.01. The van der Waals surface area contributed by atoms with Crippen molar-refractivity contribution in [1.29, 1.82) is 0 Å². The molecule has 0 aromatic carbocycles. The lowest BCUT2D eigenvalue weighted by Gasteiger charge is -2.31. The summed E-state index contributed by atoms with van der Waals surface area (Å²) in [6.07, 6.45) is 2.11. The lowest BCUT2D eigenvalue weighted by Crippen LogP contribution is -2.46. The van der Waals surface area contributed by atoms with Gasteiger partial charge in [0.05, 0.1) is 0 Å². The van der Waals surface area contributed by atoms with Crippen LogP contribution in [-0.2, 0) is 0 Å². The van der Waals surface area contributed by atoms with E-state index in [9.17, 15) is 0 Å². The van der Waals surface area contributed by atoms with E-state index in [1.807, 2.05) is 5.01 Å². The molecule has 0 aromatic rings. The molecule has 10 heavy (non-hydrogen) atoms. The lowest BCUT2D eigenvalue weighted by molar-refractivity contribution is 0.184. The number of hydrazine groups is 1. The van der Waals surface area contributed by atoms with E-state index in [0.717, 1.165) is 25.9 Å². The van der Waals surface area contributed by atoms with Crippen molar-refractivity contribution in [2.24, 2.45) is 0 Å². The van der Waals surface area contributed by atoms with Gasteiger partial charge in [-0.15, -0.1) is 0 Å². The van der Waals surface area contributed by atoms with E-state index in [4.69, 9.17) is 16.0 Å². The van der Waals surface area contributed by atoms with Gasteiger partial charge >= 0.3 is 0 Å². The molecule has 0 aromatic heterocycles. The van der Waals surface area contributed by atoms with Crippen molar-refractivity contribution < 1.29 is 0 Å². The number of hydrogen-bond donors (Lipinski definition) is 2.